The first-order chi connectivity index (χ1) is 8.42. The summed E-state index contributed by atoms with van der Waals surface area (Å²) in [7, 11) is -3.57. The molecule has 0 bridgehead atoms. The van der Waals surface area contributed by atoms with E-state index in [1.54, 1.807) is 19.1 Å². The maximum atomic E-state index is 12.2. The van der Waals surface area contributed by atoms with Crippen molar-refractivity contribution in [1.82, 2.24) is 4.72 Å². The standard InChI is InChI=1S/C13H18N2O2S/c1-4-7-11(5-2)15-18(16,17)13-9-6-8-12(14)10(13)3/h1,6,8-9,11,15H,5,7,14H2,2-3H3. The second kappa shape index (κ2) is 5.89. The van der Waals surface area contributed by atoms with Crippen LogP contribution in [0.3, 0.4) is 0 Å². The van der Waals surface area contributed by atoms with Crippen molar-refractivity contribution < 1.29 is 8.42 Å². The van der Waals surface area contributed by atoms with Crippen molar-refractivity contribution in [3.63, 3.8) is 0 Å². The lowest BCUT2D eigenvalue weighted by molar-refractivity contribution is 0.543. The minimum absolute atomic E-state index is 0.206. The number of benzene rings is 1. The lowest BCUT2D eigenvalue weighted by atomic mass is 10.2. The van der Waals surface area contributed by atoms with Crippen molar-refractivity contribution in [2.24, 2.45) is 0 Å². The Balaban J connectivity index is 3.07. The highest BCUT2D eigenvalue weighted by Crippen LogP contribution is 2.20. The van der Waals surface area contributed by atoms with E-state index in [0.29, 0.717) is 24.1 Å². The first-order valence-electron chi connectivity index (χ1n) is 5.73. The van der Waals surface area contributed by atoms with Crippen molar-refractivity contribution in [2.75, 3.05) is 5.73 Å². The first-order valence-corrected chi connectivity index (χ1v) is 7.21. The fourth-order valence-corrected chi connectivity index (χ4v) is 3.21. The van der Waals surface area contributed by atoms with Gasteiger partial charge in [0, 0.05) is 18.2 Å². The first kappa shape index (κ1) is 14.6. The summed E-state index contributed by atoms with van der Waals surface area (Å²) in [6, 6.07) is 4.59. The van der Waals surface area contributed by atoms with E-state index in [9.17, 15) is 8.42 Å². The SMILES string of the molecule is C#CCC(CC)NS(=O)(=O)c1cccc(N)c1C. The maximum Gasteiger partial charge on any atom is 0.241 e. The molecular weight excluding hydrogens is 248 g/mol. The van der Waals surface area contributed by atoms with Crippen molar-refractivity contribution in [2.45, 2.75) is 37.6 Å². The molecule has 0 spiro atoms. The molecule has 1 atom stereocenters. The van der Waals surface area contributed by atoms with Crippen molar-refractivity contribution in [1.29, 1.82) is 0 Å². The molecule has 0 aliphatic heterocycles. The van der Waals surface area contributed by atoms with Crippen LogP contribution in [0, 0.1) is 19.3 Å². The molecule has 1 rings (SSSR count). The Hall–Kier alpha value is -1.51. The van der Waals surface area contributed by atoms with Gasteiger partial charge in [0.25, 0.3) is 0 Å². The number of nitrogens with two attached hydrogens (primary N) is 1. The summed E-state index contributed by atoms with van der Waals surface area (Å²) in [4.78, 5) is 0.206. The summed E-state index contributed by atoms with van der Waals surface area (Å²) in [5.41, 5.74) is 6.73. The molecule has 4 nitrogen and oxygen atoms in total. The van der Waals surface area contributed by atoms with Crippen LogP contribution in [0.25, 0.3) is 0 Å². The number of hydrogen-bond acceptors (Lipinski definition) is 3. The predicted octanol–water partition coefficient (Wildman–Crippen LogP) is 1.66. The number of nitrogens with one attached hydrogen (secondary N) is 1. The van der Waals surface area contributed by atoms with Crippen LogP contribution in [0.1, 0.15) is 25.3 Å². The van der Waals surface area contributed by atoms with Crippen LogP contribution < -0.4 is 10.5 Å². The number of anilines is 1. The molecule has 0 saturated heterocycles. The Bertz CT molecular complexity index is 559. The largest absolute Gasteiger partial charge is 0.398 e. The summed E-state index contributed by atoms with van der Waals surface area (Å²) >= 11 is 0. The molecule has 18 heavy (non-hydrogen) atoms. The molecule has 5 heteroatoms. The molecule has 0 radical (unpaired) electrons. The number of hydrogen-bond donors (Lipinski definition) is 2. The number of sulfonamides is 1. The molecule has 3 N–H and O–H groups in total. The second-order valence-electron chi connectivity index (χ2n) is 4.11. The Kier molecular flexibility index (Phi) is 4.76. The van der Waals surface area contributed by atoms with E-state index in [1.165, 1.54) is 6.07 Å². The minimum atomic E-state index is -3.57. The van der Waals surface area contributed by atoms with Crippen molar-refractivity contribution in [3.8, 4) is 12.3 Å². The van der Waals surface area contributed by atoms with Gasteiger partial charge in [0.15, 0.2) is 0 Å². The molecule has 1 aromatic rings. The zero-order valence-corrected chi connectivity index (χ0v) is 11.4. The fraction of sp³-hybridized carbons (Fsp3) is 0.385. The highest BCUT2D eigenvalue weighted by molar-refractivity contribution is 7.89. The quantitative estimate of drug-likeness (QED) is 0.629. The van der Waals surface area contributed by atoms with E-state index in [0.717, 1.165) is 0 Å². The molecule has 0 fully saturated rings. The van der Waals surface area contributed by atoms with E-state index in [4.69, 9.17) is 12.2 Å². The Morgan fingerprint density at radius 1 is 1.50 bits per heavy atom. The van der Waals surface area contributed by atoms with Gasteiger partial charge in [-0.05, 0) is 31.0 Å². The third-order valence-corrected chi connectivity index (χ3v) is 4.46. The minimum Gasteiger partial charge on any atom is -0.398 e. The summed E-state index contributed by atoms with van der Waals surface area (Å²) in [6.07, 6.45) is 6.23. The van der Waals surface area contributed by atoms with Crippen LogP contribution in [-0.2, 0) is 10.0 Å². The highest BCUT2D eigenvalue weighted by atomic mass is 32.2. The van der Waals surface area contributed by atoms with Crippen LogP contribution in [0.5, 0.6) is 0 Å². The van der Waals surface area contributed by atoms with Gasteiger partial charge >= 0.3 is 0 Å². The zero-order valence-electron chi connectivity index (χ0n) is 10.6. The van der Waals surface area contributed by atoms with Crippen LogP contribution in [-0.4, -0.2) is 14.5 Å². The molecule has 1 unspecified atom stereocenters. The molecule has 0 aliphatic rings. The van der Waals surface area contributed by atoms with Gasteiger partial charge in [-0.3, -0.25) is 0 Å². The maximum absolute atomic E-state index is 12.2. The molecular formula is C13H18N2O2S. The summed E-state index contributed by atoms with van der Waals surface area (Å²) in [6.45, 7) is 3.57. The van der Waals surface area contributed by atoms with Gasteiger partial charge < -0.3 is 5.73 Å². The van der Waals surface area contributed by atoms with Gasteiger partial charge in [0.1, 0.15) is 0 Å². The van der Waals surface area contributed by atoms with Gasteiger partial charge in [0.05, 0.1) is 4.90 Å². The van der Waals surface area contributed by atoms with E-state index >= 15 is 0 Å². The predicted molar refractivity (Wildman–Crippen MR) is 73.4 cm³/mol. The average Bonchev–Trinajstić information content (AvgIpc) is 2.31. The van der Waals surface area contributed by atoms with Crippen molar-refractivity contribution >= 4 is 15.7 Å². The monoisotopic (exact) mass is 266 g/mol. The molecule has 1 aromatic carbocycles. The molecule has 0 saturated carbocycles. The lowest BCUT2D eigenvalue weighted by Gasteiger charge is -2.16. The zero-order chi connectivity index (χ0) is 13.8. The van der Waals surface area contributed by atoms with Gasteiger partial charge in [-0.25, -0.2) is 13.1 Å². The molecule has 0 heterocycles. The van der Waals surface area contributed by atoms with E-state index in [-0.39, 0.29) is 10.9 Å². The second-order valence-corrected chi connectivity index (χ2v) is 5.79. The molecule has 0 aromatic heterocycles. The summed E-state index contributed by atoms with van der Waals surface area (Å²) in [5, 5.41) is 0. The van der Waals surface area contributed by atoms with Gasteiger partial charge in [0.2, 0.25) is 10.0 Å². The Morgan fingerprint density at radius 3 is 2.72 bits per heavy atom. The Labute approximate surface area is 109 Å². The van der Waals surface area contributed by atoms with Gasteiger partial charge in [-0.2, -0.15) is 0 Å². The van der Waals surface area contributed by atoms with Gasteiger partial charge in [-0.15, -0.1) is 12.3 Å². The topological polar surface area (TPSA) is 72.2 Å². The van der Waals surface area contributed by atoms with Crippen LogP contribution in [0.2, 0.25) is 0 Å². The molecule has 0 aliphatic carbocycles. The number of rotatable bonds is 5. The third-order valence-electron chi connectivity index (χ3n) is 2.79. The van der Waals surface area contributed by atoms with Crippen LogP contribution in [0.4, 0.5) is 5.69 Å². The third kappa shape index (κ3) is 3.25. The molecule has 0 amide bonds. The summed E-state index contributed by atoms with van der Waals surface area (Å²) in [5.74, 6) is 2.47. The number of terminal acetylenes is 1. The lowest BCUT2D eigenvalue weighted by Crippen LogP contribution is -2.34. The highest BCUT2D eigenvalue weighted by Gasteiger charge is 2.21. The van der Waals surface area contributed by atoms with Crippen LogP contribution >= 0.6 is 0 Å². The van der Waals surface area contributed by atoms with E-state index in [2.05, 4.69) is 10.6 Å². The summed E-state index contributed by atoms with van der Waals surface area (Å²) < 4.78 is 27.0. The normalized spacial score (nSPS) is 12.9. The smallest absolute Gasteiger partial charge is 0.241 e. The molecule has 98 valence electrons. The van der Waals surface area contributed by atoms with Crippen molar-refractivity contribution in [3.05, 3.63) is 23.8 Å². The van der Waals surface area contributed by atoms with E-state index in [1.807, 2.05) is 6.92 Å². The Morgan fingerprint density at radius 2 is 2.17 bits per heavy atom. The van der Waals surface area contributed by atoms with E-state index < -0.39 is 10.0 Å². The number of nitrogen functional groups attached to an aromatic ring is 1. The van der Waals surface area contributed by atoms with Crippen LogP contribution in [0.15, 0.2) is 23.1 Å². The average molecular weight is 266 g/mol. The fourth-order valence-electron chi connectivity index (χ4n) is 1.62. The van der Waals surface area contributed by atoms with Gasteiger partial charge in [-0.1, -0.05) is 13.0 Å².